The predicted octanol–water partition coefficient (Wildman–Crippen LogP) is 2.58. The highest BCUT2D eigenvalue weighted by Crippen LogP contribution is 2.15. The first-order valence-electron chi connectivity index (χ1n) is 3.80. The Balaban J connectivity index is 2.74. The predicted molar refractivity (Wildman–Crippen MR) is 55.7 cm³/mol. The molecular weight excluding hydrogens is 206 g/mol. The first kappa shape index (κ1) is 10.5. The van der Waals surface area contributed by atoms with Gasteiger partial charge in [0.1, 0.15) is 5.17 Å². The van der Waals surface area contributed by atoms with E-state index in [-0.39, 0.29) is 5.69 Å². The van der Waals surface area contributed by atoms with Crippen LogP contribution in [0.15, 0.2) is 29.4 Å². The quantitative estimate of drug-likeness (QED) is 0.477. The summed E-state index contributed by atoms with van der Waals surface area (Å²) in [5.41, 5.74) is 3.34. The van der Waals surface area contributed by atoms with Crippen molar-refractivity contribution in [2.75, 3.05) is 5.43 Å². The van der Waals surface area contributed by atoms with Crippen LogP contribution in [-0.2, 0) is 0 Å². The molecular formula is C8H8ClN3O2. The van der Waals surface area contributed by atoms with E-state index in [0.717, 1.165) is 0 Å². The normalized spacial score (nSPS) is 11.1. The molecule has 14 heavy (non-hydrogen) atoms. The molecule has 0 amide bonds. The van der Waals surface area contributed by atoms with Gasteiger partial charge in [-0.2, -0.15) is 5.10 Å². The Hall–Kier alpha value is -1.62. The average Bonchev–Trinajstić information content (AvgIpc) is 2.15. The summed E-state index contributed by atoms with van der Waals surface area (Å²) in [4.78, 5) is 9.86. The van der Waals surface area contributed by atoms with Crippen LogP contribution in [0.1, 0.15) is 6.92 Å². The second-order valence-corrected chi connectivity index (χ2v) is 3.07. The molecule has 0 aliphatic rings. The third kappa shape index (κ3) is 3.02. The van der Waals surface area contributed by atoms with Gasteiger partial charge in [-0.05, 0) is 19.1 Å². The van der Waals surface area contributed by atoms with Crippen molar-refractivity contribution in [3.05, 3.63) is 34.4 Å². The van der Waals surface area contributed by atoms with Crippen molar-refractivity contribution in [2.45, 2.75) is 6.92 Å². The maximum absolute atomic E-state index is 10.3. The Kier molecular flexibility index (Phi) is 3.41. The minimum Gasteiger partial charge on any atom is -0.277 e. The Bertz CT molecular complexity index is 357. The second-order valence-electron chi connectivity index (χ2n) is 2.52. The molecule has 6 heteroatoms. The highest BCUT2D eigenvalue weighted by Gasteiger charge is 2.02. The highest BCUT2D eigenvalue weighted by molar-refractivity contribution is 6.64. The molecule has 1 N–H and O–H groups in total. The number of anilines is 1. The van der Waals surface area contributed by atoms with Crippen LogP contribution in [-0.4, -0.2) is 10.1 Å². The van der Waals surface area contributed by atoms with Gasteiger partial charge in [-0.15, -0.1) is 0 Å². The molecule has 0 fully saturated rings. The van der Waals surface area contributed by atoms with Crippen LogP contribution in [0.2, 0.25) is 0 Å². The summed E-state index contributed by atoms with van der Waals surface area (Å²) in [5, 5.41) is 14.4. The number of hydrogen-bond donors (Lipinski definition) is 1. The van der Waals surface area contributed by atoms with Gasteiger partial charge < -0.3 is 0 Å². The van der Waals surface area contributed by atoms with Gasteiger partial charge in [0, 0.05) is 12.1 Å². The Morgan fingerprint density at radius 1 is 1.50 bits per heavy atom. The van der Waals surface area contributed by atoms with Gasteiger partial charge in [0.05, 0.1) is 10.6 Å². The van der Waals surface area contributed by atoms with E-state index in [1.54, 1.807) is 19.1 Å². The summed E-state index contributed by atoms with van der Waals surface area (Å²) in [5.74, 6) is 0. The standard InChI is InChI=1S/C8H8ClN3O2/c1-6(9)10-11-7-2-4-8(5-3-7)12(13)14/h2-5,11H,1H3/b10-6+. The number of hydrogen-bond acceptors (Lipinski definition) is 4. The van der Waals surface area contributed by atoms with Crippen molar-refractivity contribution >= 4 is 28.1 Å². The number of nitro groups is 1. The molecule has 0 saturated carbocycles. The number of benzene rings is 1. The molecule has 0 bridgehead atoms. The molecule has 0 aromatic heterocycles. The molecule has 0 saturated heterocycles. The van der Waals surface area contributed by atoms with Crippen molar-refractivity contribution in [3.8, 4) is 0 Å². The molecule has 0 aliphatic carbocycles. The van der Waals surface area contributed by atoms with Crippen LogP contribution in [0.3, 0.4) is 0 Å². The fraction of sp³-hybridized carbons (Fsp3) is 0.125. The van der Waals surface area contributed by atoms with Crippen molar-refractivity contribution in [1.82, 2.24) is 0 Å². The Labute approximate surface area is 85.5 Å². The summed E-state index contributed by atoms with van der Waals surface area (Å²) in [6.07, 6.45) is 0. The van der Waals surface area contributed by atoms with Gasteiger partial charge in [-0.3, -0.25) is 15.5 Å². The SMILES string of the molecule is C/C(Cl)=N\Nc1ccc([N+](=O)[O-])cc1. The van der Waals surface area contributed by atoms with Gasteiger partial charge >= 0.3 is 0 Å². The smallest absolute Gasteiger partial charge is 0.269 e. The van der Waals surface area contributed by atoms with Crippen molar-refractivity contribution in [2.24, 2.45) is 5.10 Å². The topological polar surface area (TPSA) is 67.5 Å². The summed E-state index contributed by atoms with van der Waals surface area (Å²) in [6.45, 7) is 1.62. The highest BCUT2D eigenvalue weighted by atomic mass is 35.5. The fourth-order valence-corrected chi connectivity index (χ4v) is 0.842. The third-order valence-electron chi connectivity index (χ3n) is 1.42. The molecule has 0 spiro atoms. The first-order chi connectivity index (χ1) is 6.59. The lowest BCUT2D eigenvalue weighted by atomic mass is 10.3. The molecule has 5 nitrogen and oxygen atoms in total. The lowest BCUT2D eigenvalue weighted by Gasteiger charge is -1.98. The zero-order valence-electron chi connectivity index (χ0n) is 7.40. The largest absolute Gasteiger partial charge is 0.277 e. The van der Waals surface area contributed by atoms with Crippen LogP contribution >= 0.6 is 11.6 Å². The van der Waals surface area contributed by atoms with Crippen LogP contribution in [0, 0.1) is 10.1 Å². The Morgan fingerprint density at radius 3 is 2.50 bits per heavy atom. The molecule has 1 aromatic rings. The maximum Gasteiger partial charge on any atom is 0.269 e. The van der Waals surface area contributed by atoms with E-state index in [1.807, 2.05) is 0 Å². The van der Waals surface area contributed by atoms with E-state index in [4.69, 9.17) is 11.6 Å². The van der Waals surface area contributed by atoms with Crippen LogP contribution < -0.4 is 5.43 Å². The number of halogens is 1. The van der Waals surface area contributed by atoms with Crippen molar-refractivity contribution in [3.63, 3.8) is 0 Å². The summed E-state index contributed by atoms with van der Waals surface area (Å²) in [6, 6.07) is 5.89. The van der Waals surface area contributed by atoms with Gasteiger partial charge in [0.25, 0.3) is 5.69 Å². The molecule has 0 unspecified atom stereocenters. The minimum absolute atomic E-state index is 0.0436. The number of nitro benzene ring substituents is 1. The number of nitrogens with one attached hydrogen (secondary N) is 1. The zero-order chi connectivity index (χ0) is 10.6. The first-order valence-corrected chi connectivity index (χ1v) is 4.17. The molecule has 0 radical (unpaired) electrons. The lowest BCUT2D eigenvalue weighted by molar-refractivity contribution is -0.384. The van der Waals surface area contributed by atoms with E-state index in [2.05, 4.69) is 10.5 Å². The molecule has 1 rings (SSSR count). The van der Waals surface area contributed by atoms with Gasteiger partial charge in [0.2, 0.25) is 0 Å². The zero-order valence-corrected chi connectivity index (χ0v) is 8.15. The summed E-state index contributed by atoms with van der Waals surface area (Å²) >= 11 is 5.49. The maximum atomic E-state index is 10.3. The minimum atomic E-state index is -0.458. The number of hydrazone groups is 1. The molecule has 0 heterocycles. The summed E-state index contributed by atoms with van der Waals surface area (Å²) in [7, 11) is 0. The van der Waals surface area contributed by atoms with E-state index in [1.165, 1.54) is 12.1 Å². The number of non-ortho nitro benzene ring substituents is 1. The lowest BCUT2D eigenvalue weighted by Crippen LogP contribution is -1.92. The van der Waals surface area contributed by atoms with E-state index in [0.29, 0.717) is 10.9 Å². The molecule has 0 atom stereocenters. The van der Waals surface area contributed by atoms with Crippen LogP contribution in [0.4, 0.5) is 11.4 Å². The number of rotatable bonds is 3. The van der Waals surface area contributed by atoms with Gasteiger partial charge in [-0.25, -0.2) is 0 Å². The molecule has 0 aliphatic heterocycles. The van der Waals surface area contributed by atoms with E-state index in [9.17, 15) is 10.1 Å². The van der Waals surface area contributed by atoms with E-state index < -0.39 is 4.92 Å². The molecule has 1 aromatic carbocycles. The number of nitrogens with zero attached hydrogens (tertiary/aromatic N) is 2. The van der Waals surface area contributed by atoms with Crippen molar-refractivity contribution < 1.29 is 4.92 Å². The Morgan fingerprint density at radius 2 is 2.07 bits per heavy atom. The summed E-state index contributed by atoms with van der Waals surface area (Å²) < 4.78 is 0. The third-order valence-corrected chi connectivity index (χ3v) is 1.50. The average molecular weight is 214 g/mol. The van der Waals surface area contributed by atoms with Gasteiger partial charge in [0.15, 0.2) is 0 Å². The van der Waals surface area contributed by atoms with E-state index >= 15 is 0 Å². The van der Waals surface area contributed by atoms with Crippen LogP contribution in [0.25, 0.3) is 0 Å². The van der Waals surface area contributed by atoms with Crippen LogP contribution in [0.5, 0.6) is 0 Å². The second kappa shape index (κ2) is 4.57. The van der Waals surface area contributed by atoms with Crippen molar-refractivity contribution in [1.29, 1.82) is 0 Å². The van der Waals surface area contributed by atoms with Gasteiger partial charge in [-0.1, -0.05) is 11.6 Å². The monoisotopic (exact) mass is 213 g/mol. The fourth-order valence-electron chi connectivity index (χ4n) is 0.799. The molecule has 74 valence electrons.